The lowest BCUT2D eigenvalue weighted by molar-refractivity contribution is -0.133. The molecule has 1 unspecified atom stereocenters. The third-order valence-electron chi connectivity index (χ3n) is 11.7. The van der Waals surface area contributed by atoms with E-state index in [-0.39, 0.29) is 35.4 Å². The molecule has 1 atom stereocenters. The first-order valence-electron chi connectivity index (χ1n) is 18.8. The number of ether oxygens (including phenoxy) is 1. The first-order valence-corrected chi connectivity index (χ1v) is 18.8. The van der Waals surface area contributed by atoms with E-state index in [4.69, 9.17) is 4.74 Å². The highest BCUT2D eigenvalue weighted by Gasteiger charge is 2.29. The van der Waals surface area contributed by atoms with Crippen LogP contribution in [0.2, 0.25) is 0 Å². The van der Waals surface area contributed by atoms with E-state index in [9.17, 15) is 14.4 Å². The summed E-state index contributed by atoms with van der Waals surface area (Å²) in [6.07, 6.45) is 12.0. The molecule has 0 bridgehead atoms. The molecule has 2 amide bonds. The number of anilines is 2. The second-order valence-corrected chi connectivity index (χ2v) is 15.1. The molecule has 52 heavy (non-hydrogen) atoms. The van der Waals surface area contributed by atoms with Crippen molar-refractivity contribution in [3.8, 4) is 16.9 Å². The number of carbonyl (C=O) groups excluding carboxylic acids is 2. The number of amides is 2. The molecule has 3 aromatic carbocycles. The Kier molecular flexibility index (Phi) is 10.6. The lowest BCUT2D eigenvalue weighted by Crippen LogP contribution is -2.47. The molecule has 3 fully saturated rings. The minimum Gasteiger partial charge on any atom is -0.496 e. The number of carbonyl (C=O) groups is 2. The molecule has 4 aromatic rings. The second kappa shape index (κ2) is 15.5. The number of hydrogen-bond donors (Lipinski definition) is 2. The summed E-state index contributed by atoms with van der Waals surface area (Å²) in [7, 11) is 3.32. The Labute approximate surface area is 303 Å². The number of aromatic nitrogens is 1. The van der Waals surface area contributed by atoms with Gasteiger partial charge in [0.15, 0.2) is 0 Å². The smallest absolute Gasteiger partial charge is 0.258 e. The molecule has 2 N–H and O–H groups in total. The van der Waals surface area contributed by atoms with Gasteiger partial charge in [-0.3, -0.25) is 19.7 Å². The van der Waals surface area contributed by atoms with Crippen LogP contribution in [0.15, 0.2) is 65.6 Å². The molecule has 10 heteroatoms. The van der Waals surface area contributed by atoms with Crippen LogP contribution in [0.5, 0.6) is 5.75 Å². The maximum atomic E-state index is 15.8. The molecule has 1 saturated carbocycles. The Hall–Kier alpha value is -4.73. The Morgan fingerprint density at radius 1 is 0.827 bits per heavy atom. The number of halogens is 2. The van der Waals surface area contributed by atoms with Gasteiger partial charge >= 0.3 is 0 Å². The number of piperidine rings is 2. The SMILES string of the molecule is COc1cc(-c2cn(C)c(=O)c3ccccc23)cc(F)c1CC1CCC(CCC2CCN(c3ccc(NC4CCC(=O)NC4=O)cc3F)CC2)CC1. The van der Waals surface area contributed by atoms with Gasteiger partial charge in [0.2, 0.25) is 11.8 Å². The molecule has 2 saturated heterocycles. The van der Waals surface area contributed by atoms with Crippen LogP contribution in [-0.2, 0) is 23.1 Å². The molecular formula is C42H48F2N4O4. The number of aryl methyl sites for hydroxylation is 1. The van der Waals surface area contributed by atoms with E-state index in [2.05, 4.69) is 15.5 Å². The van der Waals surface area contributed by atoms with Crippen LogP contribution in [0.4, 0.5) is 20.2 Å². The summed E-state index contributed by atoms with van der Waals surface area (Å²) in [5, 5.41) is 6.79. The van der Waals surface area contributed by atoms with Gasteiger partial charge in [-0.25, -0.2) is 8.78 Å². The monoisotopic (exact) mass is 710 g/mol. The van der Waals surface area contributed by atoms with Gasteiger partial charge in [0.1, 0.15) is 23.4 Å². The molecule has 1 aromatic heterocycles. The summed E-state index contributed by atoms with van der Waals surface area (Å²) in [5.74, 6) is 1.06. The van der Waals surface area contributed by atoms with E-state index in [1.165, 1.54) is 18.9 Å². The summed E-state index contributed by atoms with van der Waals surface area (Å²) < 4.78 is 38.3. The number of hydrogen-bond acceptors (Lipinski definition) is 6. The number of pyridine rings is 1. The quantitative estimate of drug-likeness (QED) is 0.164. The van der Waals surface area contributed by atoms with Crippen molar-refractivity contribution in [1.82, 2.24) is 9.88 Å². The zero-order valence-corrected chi connectivity index (χ0v) is 30.1. The fourth-order valence-electron chi connectivity index (χ4n) is 8.63. The zero-order valence-electron chi connectivity index (χ0n) is 30.1. The summed E-state index contributed by atoms with van der Waals surface area (Å²) in [6.45, 7) is 1.64. The second-order valence-electron chi connectivity index (χ2n) is 15.1. The van der Waals surface area contributed by atoms with Gasteiger partial charge in [0, 0.05) is 55.0 Å². The number of nitrogens with one attached hydrogen (secondary N) is 2. The van der Waals surface area contributed by atoms with Crippen LogP contribution in [0, 0.1) is 29.4 Å². The summed E-state index contributed by atoms with van der Waals surface area (Å²) in [6, 6.07) is 15.4. The third-order valence-corrected chi connectivity index (χ3v) is 11.7. The minimum atomic E-state index is -0.542. The molecule has 2 aliphatic heterocycles. The highest BCUT2D eigenvalue weighted by Crippen LogP contribution is 2.39. The first kappa shape index (κ1) is 35.7. The third kappa shape index (κ3) is 7.71. The van der Waals surface area contributed by atoms with E-state index in [1.807, 2.05) is 30.3 Å². The lowest BCUT2D eigenvalue weighted by Gasteiger charge is -2.35. The Bertz CT molecular complexity index is 2010. The number of nitrogens with zero attached hydrogens (tertiary/aromatic N) is 2. The van der Waals surface area contributed by atoms with Crippen LogP contribution in [0.25, 0.3) is 21.9 Å². The molecule has 0 spiro atoms. The van der Waals surface area contributed by atoms with Crippen molar-refractivity contribution in [2.75, 3.05) is 30.4 Å². The Balaban J connectivity index is 0.883. The van der Waals surface area contributed by atoms with Crippen molar-refractivity contribution in [2.45, 2.75) is 76.7 Å². The van der Waals surface area contributed by atoms with Gasteiger partial charge in [0.05, 0.1) is 12.8 Å². The van der Waals surface area contributed by atoms with Crippen molar-refractivity contribution in [3.05, 3.63) is 88.3 Å². The standard InChI is InChI=1S/C42H48F2N4O4/c1-47-25-34(31-5-3-4-6-32(31)42(47)51)29-22-35(43)33(39(23-29)52-2)21-28-11-9-26(10-12-28)7-8-27-17-19-48(20-18-27)38-15-13-30(24-36(38)44)45-37-14-16-40(49)46-41(37)50/h3-6,13,15,22-28,37,45H,7-12,14,16-21H2,1-2H3,(H,46,49,50). The average Bonchev–Trinajstić information content (AvgIpc) is 3.15. The van der Waals surface area contributed by atoms with E-state index in [0.717, 1.165) is 62.6 Å². The highest BCUT2D eigenvalue weighted by molar-refractivity contribution is 6.01. The predicted octanol–water partition coefficient (Wildman–Crippen LogP) is 7.76. The number of benzene rings is 3. The topological polar surface area (TPSA) is 92.7 Å². The largest absolute Gasteiger partial charge is 0.496 e. The van der Waals surface area contributed by atoms with E-state index >= 15 is 8.78 Å². The summed E-state index contributed by atoms with van der Waals surface area (Å²) in [5.41, 5.74) is 3.18. The maximum absolute atomic E-state index is 15.8. The van der Waals surface area contributed by atoms with Crippen LogP contribution in [0.3, 0.4) is 0 Å². The minimum absolute atomic E-state index is 0.0802. The van der Waals surface area contributed by atoms with Crippen molar-refractivity contribution >= 4 is 34.0 Å². The molecule has 1 aliphatic carbocycles. The molecule has 8 nitrogen and oxygen atoms in total. The fourth-order valence-corrected chi connectivity index (χ4v) is 8.63. The molecule has 0 radical (unpaired) electrons. The molecule has 7 rings (SSSR count). The first-order chi connectivity index (χ1) is 25.2. The zero-order chi connectivity index (χ0) is 36.4. The maximum Gasteiger partial charge on any atom is 0.258 e. The summed E-state index contributed by atoms with van der Waals surface area (Å²) >= 11 is 0. The van der Waals surface area contributed by atoms with Gasteiger partial charge in [-0.15, -0.1) is 0 Å². The number of rotatable bonds is 10. The van der Waals surface area contributed by atoms with E-state index in [0.29, 0.717) is 64.2 Å². The van der Waals surface area contributed by atoms with E-state index < -0.39 is 6.04 Å². The van der Waals surface area contributed by atoms with Crippen LogP contribution >= 0.6 is 0 Å². The number of methoxy groups -OCH3 is 1. The van der Waals surface area contributed by atoms with Gasteiger partial charge < -0.3 is 19.5 Å². The lowest BCUT2D eigenvalue weighted by atomic mass is 9.76. The van der Waals surface area contributed by atoms with Crippen molar-refractivity contribution in [1.29, 1.82) is 0 Å². The van der Waals surface area contributed by atoms with Gasteiger partial charge in [-0.1, -0.05) is 43.9 Å². The van der Waals surface area contributed by atoms with Crippen molar-refractivity contribution < 1.29 is 23.1 Å². The van der Waals surface area contributed by atoms with Crippen LogP contribution in [0.1, 0.15) is 69.8 Å². The van der Waals surface area contributed by atoms with Gasteiger partial charge in [-0.2, -0.15) is 0 Å². The fraction of sp³-hybridized carbons (Fsp3) is 0.452. The van der Waals surface area contributed by atoms with Gasteiger partial charge in [-0.05, 0) is 104 Å². The molecule has 3 aliphatic rings. The molecule has 3 heterocycles. The Morgan fingerprint density at radius 2 is 1.52 bits per heavy atom. The number of fused-ring (bicyclic) bond motifs is 1. The number of imide groups is 1. The van der Waals surface area contributed by atoms with E-state index in [1.54, 1.807) is 43.1 Å². The van der Waals surface area contributed by atoms with Crippen LogP contribution in [-0.4, -0.2) is 42.6 Å². The average molecular weight is 711 g/mol. The van der Waals surface area contributed by atoms with Gasteiger partial charge in [0.25, 0.3) is 5.56 Å². The predicted molar refractivity (Wildman–Crippen MR) is 201 cm³/mol. The van der Waals surface area contributed by atoms with Crippen molar-refractivity contribution in [3.63, 3.8) is 0 Å². The Morgan fingerprint density at radius 3 is 2.21 bits per heavy atom. The molecule has 274 valence electrons. The molecular weight excluding hydrogens is 662 g/mol. The summed E-state index contributed by atoms with van der Waals surface area (Å²) in [4.78, 5) is 38.3. The van der Waals surface area contributed by atoms with Crippen molar-refractivity contribution in [2.24, 2.45) is 24.8 Å². The normalized spacial score (nSPS) is 21.3. The van der Waals surface area contributed by atoms with Crippen LogP contribution < -0.4 is 25.8 Å². The highest BCUT2D eigenvalue weighted by atomic mass is 19.1.